The largest absolute Gasteiger partial charge is 0.484 e. The van der Waals surface area contributed by atoms with Crippen LogP contribution in [0.3, 0.4) is 0 Å². The number of hydrogen-bond acceptors (Lipinski definition) is 5. The molecule has 22 heavy (non-hydrogen) atoms. The number of aromatic nitrogens is 1. The Kier molecular flexibility index (Phi) is 5.59. The summed E-state index contributed by atoms with van der Waals surface area (Å²) >= 11 is 6.00. The minimum Gasteiger partial charge on any atom is -0.484 e. The molecule has 0 radical (unpaired) electrons. The molecule has 0 bridgehead atoms. The third-order valence-electron chi connectivity index (χ3n) is 3.17. The Bertz CT molecular complexity index is 684. The van der Waals surface area contributed by atoms with E-state index >= 15 is 0 Å². The zero-order valence-corrected chi connectivity index (χ0v) is 13.0. The molecule has 2 rings (SSSR count). The van der Waals surface area contributed by atoms with Crippen molar-refractivity contribution in [3.8, 4) is 11.8 Å². The summed E-state index contributed by atoms with van der Waals surface area (Å²) in [7, 11) is 1.87. The number of benzene rings is 1. The van der Waals surface area contributed by atoms with E-state index in [2.05, 4.69) is 16.4 Å². The van der Waals surface area contributed by atoms with Crippen LogP contribution in [0.4, 0.5) is 5.82 Å². The van der Waals surface area contributed by atoms with Gasteiger partial charge in [-0.3, -0.25) is 0 Å². The Morgan fingerprint density at radius 2 is 2.23 bits per heavy atom. The van der Waals surface area contributed by atoms with Crippen molar-refractivity contribution in [1.82, 2.24) is 10.3 Å². The third-order valence-corrected chi connectivity index (χ3v) is 3.40. The molecule has 5 nitrogen and oxygen atoms in total. The zero-order valence-electron chi connectivity index (χ0n) is 12.2. The summed E-state index contributed by atoms with van der Waals surface area (Å²) in [6.45, 7) is 0.759. The molecule has 3 N–H and O–H groups in total. The normalized spacial score (nSPS) is 11.7. The summed E-state index contributed by atoms with van der Waals surface area (Å²) in [4.78, 5) is 3.99. The van der Waals surface area contributed by atoms with Gasteiger partial charge < -0.3 is 15.8 Å². The van der Waals surface area contributed by atoms with Gasteiger partial charge in [0.1, 0.15) is 23.7 Å². The molecule has 1 unspecified atom stereocenters. The van der Waals surface area contributed by atoms with Crippen molar-refractivity contribution in [1.29, 1.82) is 5.26 Å². The lowest BCUT2D eigenvalue weighted by molar-refractivity contribution is 0.194. The van der Waals surface area contributed by atoms with Crippen LogP contribution in [0.1, 0.15) is 23.7 Å². The predicted molar refractivity (Wildman–Crippen MR) is 86.7 cm³/mol. The first-order valence-corrected chi connectivity index (χ1v) is 7.24. The molecule has 1 aromatic carbocycles. The number of halogens is 1. The van der Waals surface area contributed by atoms with Crippen LogP contribution in [0.5, 0.6) is 5.75 Å². The fourth-order valence-electron chi connectivity index (χ4n) is 2.07. The summed E-state index contributed by atoms with van der Waals surface area (Å²) in [6, 6.07) is 10.7. The molecule has 0 saturated heterocycles. The number of nitrogens with zero attached hydrogens (tertiary/aromatic N) is 2. The van der Waals surface area contributed by atoms with Gasteiger partial charge in [-0.15, -0.1) is 0 Å². The predicted octanol–water partition coefficient (Wildman–Crippen LogP) is 2.92. The highest BCUT2D eigenvalue weighted by Gasteiger charge is 2.16. The summed E-state index contributed by atoms with van der Waals surface area (Å²) in [5.74, 6) is 0.897. The van der Waals surface area contributed by atoms with Crippen LogP contribution in [0.25, 0.3) is 0 Å². The van der Waals surface area contributed by atoms with E-state index in [9.17, 15) is 5.26 Å². The summed E-state index contributed by atoms with van der Waals surface area (Å²) in [5, 5.41) is 12.8. The Balaban J connectivity index is 2.31. The minimum atomic E-state index is -0.247. The highest BCUT2D eigenvalue weighted by atomic mass is 35.5. The van der Waals surface area contributed by atoms with Crippen LogP contribution in [-0.2, 0) is 0 Å². The Morgan fingerprint density at radius 1 is 1.41 bits per heavy atom. The average Bonchev–Trinajstić information content (AvgIpc) is 2.51. The van der Waals surface area contributed by atoms with E-state index < -0.39 is 0 Å². The van der Waals surface area contributed by atoms with Crippen LogP contribution in [0.2, 0.25) is 5.02 Å². The van der Waals surface area contributed by atoms with E-state index in [0.29, 0.717) is 22.2 Å². The molecule has 1 heterocycles. The molecule has 2 aromatic rings. The topological polar surface area (TPSA) is 84.0 Å². The molecule has 0 aliphatic carbocycles. The molecule has 0 amide bonds. The lowest BCUT2D eigenvalue weighted by atomic mass is 10.1. The summed E-state index contributed by atoms with van der Waals surface area (Å²) in [5.41, 5.74) is 7.10. The van der Waals surface area contributed by atoms with Gasteiger partial charge in [0.2, 0.25) is 0 Å². The van der Waals surface area contributed by atoms with Crippen molar-refractivity contribution in [3.63, 3.8) is 0 Å². The Hall–Kier alpha value is -2.29. The minimum absolute atomic E-state index is 0.247. The Morgan fingerprint density at radius 3 is 2.91 bits per heavy atom. The molecular weight excluding hydrogens is 300 g/mol. The molecule has 1 aromatic heterocycles. The van der Waals surface area contributed by atoms with Crippen molar-refractivity contribution >= 4 is 17.4 Å². The average molecular weight is 317 g/mol. The monoisotopic (exact) mass is 316 g/mol. The fourth-order valence-corrected chi connectivity index (χ4v) is 2.24. The third kappa shape index (κ3) is 4.10. The first-order chi connectivity index (χ1) is 10.6. The van der Waals surface area contributed by atoms with Crippen LogP contribution in [0, 0.1) is 11.3 Å². The maximum atomic E-state index is 9.20. The summed E-state index contributed by atoms with van der Waals surface area (Å²) < 4.78 is 6.03. The van der Waals surface area contributed by atoms with E-state index in [1.54, 1.807) is 30.5 Å². The standard InChI is InChI=1S/C16H17ClN4O/c1-20-6-5-14(11-4-7-21-16(19)8-11)22-15-9-13(17)3-2-12(15)10-18/h2-4,7-9,14,20H,5-6H2,1H3,(H2,19,21). The number of nitrogens with two attached hydrogens (primary N) is 1. The first kappa shape index (κ1) is 16.1. The smallest absolute Gasteiger partial charge is 0.139 e. The maximum absolute atomic E-state index is 9.20. The fraction of sp³-hybridized carbons (Fsp3) is 0.250. The van der Waals surface area contributed by atoms with Crippen molar-refractivity contribution < 1.29 is 4.74 Å². The van der Waals surface area contributed by atoms with Gasteiger partial charge in [0.15, 0.2) is 0 Å². The molecular formula is C16H17ClN4O. The second-order valence-electron chi connectivity index (χ2n) is 4.77. The number of anilines is 1. The van der Waals surface area contributed by atoms with E-state index in [0.717, 1.165) is 18.5 Å². The lowest BCUT2D eigenvalue weighted by Crippen LogP contribution is -2.17. The molecule has 114 valence electrons. The van der Waals surface area contributed by atoms with Gasteiger partial charge in [0, 0.05) is 23.7 Å². The van der Waals surface area contributed by atoms with E-state index in [1.165, 1.54) is 0 Å². The van der Waals surface area contributed by atoms with Crippen molar-refractivity contribution in [2.45, 2.75) is 12.5 Å². The molecule has 0 fully saturated rings. The molecule has 0 aliphatic heterocycles. The quantitative estimate of drug-likeness (QED) is 0.856. The van der Waals surface area contributed by atoms with Gasteiger partial charge in [0.25, 0.3) is 0 Å². The highest BCUT2D eigenvalue weighted by molar-refractivity contribution is 6.30. The molecule has 0 saturated carbocycles. The van der Waals surface area contributed by atoms with Crippen LogP contribution >= 0.6 is 11.6 Å². The molecule has 6 heteroatoms. The van der Waals surface area contributed by atoms with Crippen LogP contribution in [-0.4, -0.2) is 18.6 Å². The number of nitrogen functional groups attached to an aromatic ring is 1. The second kappa shape index (κ2) is 7.64. The number of nitriles is 1. The lowest BCUT2D eigenvalue weighted by Gasteiger charge is -2.20. The SMILES string of the molecule is CNCCC(Oc1cc(Cl)ccc1C#N)c1ccnc(N)c1. The van der Waals surface area contributed by atoms with Crippen LogP contribution < -0.4 is 15.8 Å². The maximum Gasteiger partial charge on any atom is 0.139 e. The molecule has 0 spiro atoms. The molecule has 1 atom stereocenters. The van der Waals surface area contributed by atoms with Gasteiger partial charge in [-0.1, -0.05) is 11.6 Å². The summed E-state index contributed by atoms with van der Waals surface area (Å²) in [6.07, 6.45) is 2.12. The number of ether oxygens (including phenoxy) is 1. The van der Waals surface area contributed by atoms with E-state index in [1.807, 2.05) is 13.1 Å². The number of pyridine rings is 1. The first-order valence-electron chi connectivity index (χ1n) is 6.86. The van der Waals surface area contributed by atoms with Gasteiger partial charge in [-0.25, -0.2) is 4.98 Å². The van der Waals surface area contributed by atoms with Crippen molar-refractivity contribution in [2.24, 2.45) is 0 Å². The van der Waals surface area contributed by atoms with Crippen molar-refractivity contribution in [3.05, 3.63) is 52.7 Å². The zero-order chi connectivity index (χ0) is 15.9. The van der Waals surface area contributed by atoms with Crippen molar-refractivity contribution in [2.75, 3.05) is 19.3 Å². The van der Waals surface area contributed by atoms with Crippen LogP contribution in [0.15, 0.2) is 36.5 Å². The van der Waals surface area contributed by atoms with Gasteiger partial charge in [0.05, 0.1) is 5.56 Å². The number of rotatable bonds is 6. The number of nitrogens with one attached hydrogen (secondary N) is 1. The second-order valence-corrected chi connectivity index (χ2v) is 5.20. The van der Waals surface area contributed by atoms with E-state index in [-0.39, 0.29) is 6.10 Å². The van der Waals surface area contributed by atoms with Gasteiger partial charge in [-0.2, -0.15) is 5.26 Å². The highest BCUT2D eigenvalue weighted by Crippen LogP contribution is 2.30. The molecule has 0 aliphatic rings. The Labute approximate surface area is 134 Å². The van der Waals surface area contributed by atoms with Gasteiger partial charge >= 0.3 is 0 Å². The van der Waals surface area contributed by atoms with E-state index in [4.69, 9.17) is 22.1 Å². The van der Waals surface area contributed by atoms with Gasteiger partial charge in [-0.05, 0) is 43.4 Å². The number of hydrogen-bond donors (Lipinski definition) is 2.